The van der Waals surface area contributed by atoms with Crippen LogP contribution in [0.15, 0.2) is 76.8 Å². The minimum Gasteiger partial charge on any atom is -0.494 e. The van der Waals surface area contributed by atoms with Gasteiger partial charge in [-0.1, -0.05) is 48.2 Å². The first-order valence-electron chi connectivity index (χ1n) is 9.98. The number of benzene rings is 2. The van der Waals surface area contributed by atoms with Gasteiger partial charge in [0.25, 0.3) is 11.5 Å². The number of hydrogen-bond donors (Lipinski definition) is 1. The van der Waals surface area contributed by atoms with Gasteiger partial charge in [-0.2, -0.15) is 9.78 Å². The van der Waals surface area contributed by atoms with Crippen LogP contribution in [0.5, 0.6) is 5.75 Å². The van der Waals surface area contributed by atoms with E-state index >= 15 is 0 Å². The first-order valence-corrected chi connectivity index (χ1v) is 11.0. The highest BCUT2D eigenvalue weighted by molar-refractivity contribution is 7.99. The molecule has 3 heterocycles. The predicted molar refractivity (Wildman–Crippen MR) is 123 cm³/mol. The molecule has 0 atom stereocenters. The molecule has 32 heavy (non-hydrogen) atoms. The van der Waals surface area contributed by atoms with Gasteiger partial charge in [-0.15, -0.1) is 0 Å². The van der Waals surface area contributed by atoms with Crippen molar-refractivity contribution in [3.8, 4) is 22.7 Å². The smallest absolute Gasteiger partial charge is 0.280 e. The Labute approximate surface area is 187 Å². The largest absolute Gasteiger partial charge is 0.494 e. The summed E-state index contributed by atoms with van der Waals surface area (Å²) >= 11 is 1.71. The molecule has 0 radical (unpaired) electrons. The van der Waals surface area contributed by atoms with Gasteiger partial charge in [0.15, 0.2) is 16.6 Å². The average Bonchev–Trinajstić information content (AvgIpc) is 3.42. The van der Waals surface area contributed by atoms with E-state index in [1.54, 1.807) is 36.0 Å². The van der Waals surface area contributed by atoms with Crippen LogP contribution in [-0.2, 0) is 6.54 Å². The maximum atomic E-state index is 13.2. The Hall–Kier alpha value is -3.85. The molecule has 0 saturated carbocycles. The molecule has 0 fully saturated rings. The van der Waals surface area contributed by atoms with Gasteiger partial charge in [0.1, 0.15) is 0 Å². The number of anilines is 1. The van der Waals surface area contributed by atoms with Crippen LogP contribution in [-0.4, -0.2) is 38.1 Å². The topological polar surface area (TPSA) is 91.0 Å². The lowest BCUT2D eigenvalue weighted by Crippen LogP contribution is -2.26. The van der Waals surface area contributed by atoms with E-state index in [1.165, 1.54) is 17.9 Å². The van der Waals surface area contributed by atoms with E-state index in [-0.39, 0.29) is 11.4 Å². The summed E-state index contributed by atoms with van der Waals surface area (Å²) in [6.07, 6.45) is 1.99. The number of hydrogen-bond acceptors (Lipinski definition) is 6. The number of fused-ring (bicyclic) bond motifs is 1. The highest BCUT2D eigenvalue weighted by Crippen LogP contribution is 2.32. The molecule has 0 aliphatic carbocycles. The van der Waals surface area contributed by atoms with E-state index in [1.807, 2.05) is 36.5 Å². The number of rotatable bonds is 5. The van der Waals surface area contributed by atoms with E-state index in [2.05, 4.69) is 20.0 Å². The Kier molecular flexibility index (Phi) is 5.24. The van der Waals surface area contributed by atoms with Gasteiger partial charge in [-0.05, 0) is 18.2 Å². The molecule has 1 N–H and O–H groups in total. The molecule has 1 amide bonds. The van der Waals surface area contributed by atoms with Crippen LogP contribution < -0.4 is 15.6 Å². The van der Waals surface area contributed by atoms with Crippen LogP contribution in [0.3, 0.4) is 0 Å². The number of nitrogens with one attached hydrogen (secondary N) is 1. The fraction of sp³-hybridized carbons (Fsp3) is 0.130. The van der Waals surface area contributed by atoms with Gasteiger partial charge < -0.3 is 14.6 Å². The summed E-state index contributed by atoms with van der Waals surface area (Å²) in [5.74, 6) is 0.637. The SMILES string of the molecule is COc1cc(=O)n(-c2ccccc2)nc1C(=O)Nc1ccccc1-c1cn2c(n1)SCC2. The molecule has 1 aliphatic rings. The molecular weight excluding hydrogens is 426 g/mol. The summed E-state index contributed by atoms with van der Waals surface area (Å²) in [4.78, 5) is 30.4. The van der Waals surface area contributed by atoms with Crippen LogP contribution in [0.4, 0.5) is 5.69 Å². The second-order valence-corrected chi connectivity index (χ2v) is 8.16. The molecule has 5 rings (SSSR count). The Morgan fingerprint density at radius 2 is 1.91 bits per heavy atom. The van der Waals surface area contributed by atoms with E-state index in [4.69, 9.17) is 4.74 Å². The molecule has 160 valence electrons. The summed E-state index contributed by atoms with van der Waals surface area (Å²) in [5.41, 5.74) is 2.36. The summed E-state index contributed by atoms with van der Waals surface area (Å²) < 4.78 is 8.57. The zero-order valence-corrected chi connectivity index (χ0v) is 18.0. The fourth-order valence-electron chi connectivity index (χ4n) is 3.54. The molecular formula is C23H19N5O3S. The zero-order valence-electron chi connectivity index (χ0n) is 17.2. The highest BCUT2D eigenvalue weighted by Gasteiger charge is 2.21. The van der Waals surface area contributed by atoms with Crippen molar-refractivity contribution in [2.24, 2.45) is 0 Å². The Morgan fingerprint density at radius 1 is 1.12 bits per heavy atom. The van der Waals surface area contributed by atoms with Gasteiger partial charge in [-0.25, -0.2) is 4.98 Å². The van der Waals surface area contributed by atoms with Crippen molar-refractivity contribution in [1.29, 1.82) is 0 Å². The van der Waals surface area contributed by atoms with Crippen LogP contribution in [0.25, 0.3) is 16.9 Å². The number of imidazole rings is 1. The first-order chi connectivity index (χ1) is 15.6. The van der Waals surface area contributed by atoms with Crippen molar-refractivity contribution in [2.45, 2.75) is 11.7 Å². The van der Waals surface area contributed by atoms with Crippen molar-refractivity contribution in [1.82, 2.24) is 19.3 Å². The number of methoxy groups -OCH3 is 1. The molecule has 0 spiro atoms. The van der Waals surface area contributed by atoms with Gasteiger partial charge in [0.05, 0.1) is 30.2 Å². The summed E-state index contributed by atoms with van der Waals surface area (Å²) in [5, 5.41) is 8.18. The molecule has 0 bridgehead atoms. The normalized spacial score (nSPS) is 12.4. The third-order valence-electron chi connectivity index (χ3n) is 5.09. The molecule has 2 aromatic carbocycles. The lowest BCUT2D eigenvalue weighted by atomic mass is 10.1. The first kappa shape index (κ1) is 20.1. The van der Waals surface area contributed by atoms with Crippen molar-refractivity contribution in [3.05, 3.63) is 82.9 Å². The standard InChI is InChI=1S/C23H19N5O3S/c1-31-19-13-20(29)28(15-7-3-2-4-8-15)26-21(19)22(30)24-17-10-6-5-9-16(17)18-14-27-11-12-32-23(27)25-18/h2-10,13-14H,11-12H2,1H3,(H,24,30). The minimum atomic E-state index is -0.486. The summed E-state index contributed by atoms with van der Waals surface area (Å²) in [7, 11) is 1.40. The monoisotopic (exact) mass is 445 g/mol. The second kappa shape index (κ2) is 8.35. The summed E-state index contributed by atoms with van der Waals surface area (Å²) in [6, 6.07) is 17.6. The number of aromatic nitrogens is 4. The predicted octanol–water partition coefficient (Wildman–Crippen LogP) is 3.46. The van der Waals surface area contributed by atoms with Gasteiger partial charge in [-0.3, -0.25) is 9.59 Å². The number of amides is 1. The molecule has 2 aromatic heterocycles. The van der Waals surface area contributed by atoms with Gasteiger partial charge in [0.2, 0.25) is 0 Å². The number of para-hydroxylation sites is 2. The number of aryl methyl sites for hydroxylation is 1. The number of carbonyl (C=O) groups is 1. The number of carbonyl (C=O) groups excluding carboxylic acids is 1. The number of thioether (sulfide) groups is 1. The second-order valence-electron chi connectivity index (χ2n) is 7.10. The molecule has 1 aliphatic heterocycles. The van der Waals surface area contributed by atoms with Gasteiger partial charge in [0, 0.05) is 24.1 Å². The zero-order chi connectivity index (χ0) is 22.1. The fourth-order valence-corrected chi connectivity index (χ4v) is 4.49. The van der Waals surface area contributed by atoms with Crippen molar-refractivity contribution in [2.75, 3.05) is 18.2 Å². The van der Waals surface area contributed by atoms with Crippen LogP contribution >= 0.6 is 11.8 Å². The minimum absolute atomic E-state index is 0.00801. The van der Waals surface area contributed by atoms with Crippen LogP contribution in [0.2, 0.25) is 0 Å². The highest BCUT2D eigenvalue weighted by atomic mass is 32.2. The Bertz CT molecular complexity index is 1340. The Balaban J connectivity index is 1.51. The maximum Gasteiger partial charge on any atom is 0.280 e. The average molecular weight is 446 g/mol. The van der Waals surface area contributed by atoms with E-state index in [9.17, 15) is 9.59 Å². The Morgan fingerprint density at radius 3 is 2.69 bits per heavy atom. The van der Waals surface area contributed by atoms with Crippen molar-refractivity contribution >= 4 is 23.4 Å². The summed E-state index contributed by atoms with van der Waals surface area (Å²) in [6.45, 7) is 0.920. The van der Waals surface area contributed by atoms with E-state index < -0.39 is 11.5 Å². The number of nitrogens with zero attached hydrogens (tertiary/aromatic N) is 4. The third-order valence-corrected chi connectivity index (χ3v) is 6.06. The van der Waals surface area contributed by atoms with Crippen molar-refractivity contribution in [3.63, 3.8) is 0 Å². The van der Waals surface area contributed by atoms with Crippen molar-refractivity contribution < 1.29 is 9.53 Å². The molecule has 9 heteroatoms. The quantitative estimate of drug-likeness (QED) is 0.506. The lowest BCUT2D eigenvalue weighted by Gasteiger charge is -2.13. The molecule has 0 saturated heterocycles. The lowest BCUT2D eigenvalue weighted by molar-refractivity contribution is 0.101. The molecule has 4 aromatic rings. The maximum absolute atomic E-state index is 13.2. The van der Waals surface area contributed by atoms with Crippen LogP contribution in [0, 0.1) is 0 Å². The van der Waals surface area contributed by atoms with Crippen LogP contribution in [0.1, 0.15) is 10.5 Å². The molecule has 8 nitrogen and oxygen atoms in total. The number of ether oxygens (including phenoxy) is 1. The van der Waals surface area contributed by atoms with E-state index in [0.29, 0.717) is 11.4 Å². The van der Waals surface area contributed by atoms with E-state index in [0.717, 1.165) is 28.7 Å². The van der Waals surface area contributed by atoms with Gasteiger partial charge >= 0.3 is 0 Å². The molecule has 0 unspecified atom stereocenters. The third kappa shape index (κ3) is 3.67.